The summed E-state index contributed by atoms with van der Waals surface area (Å²) in [6.45, 7) is 7.06. The molecule has 1 saturated heterocycles. The van der Waals surface area contributed by atoms with Crippen molar-refractivity contribution in [2.75, 3.05) is 6.61 Å². The van der Waals surface area contributed by atoms with Crippen molar-refractivity contribution >= 4 is 13.7 Å². The second-order valence-corrected chi connectivity index (χ2v) is 11.1. The molecule has 1 aliphatic rings. The van der Waals surface area contributed by atoms with Gasteiger partial charge in [-0.25, -0.2) is 9.36 Å². The second-order valence-electron chi connectivity index (χ2n) is 9.38. The molecule has 0 spiro atoms. The number of hydrogen-bond donors (Lipinski definition) is 3. The Labute approximate surface area is 218 Å². The molecule has 1 aliphatic heterocycles. The van der Waals surface area contributed by atoms with Crippen LogP contribution < -0.4 is 20.9 Å². The van der Waals surface area contributed by atoms with E-state index in [1.807, 2.05) is 6.07 Å². The molecule has 1 aromatic heterocycles. The maximum Gasteiger partial charge on any atom is 0.459 e. The van der Waals surface area contributed by atoms with Crippen LogP contribution in [-0.4, -0.2) is 51.6 Å². The number of aryl methyl sites for hydroxylation is 1. The Bertz CT molecular complexity index is 1350. The van der Waals surface area contributed by atoms with E-state index in [9.17, 15) is 29.3 Å². The summed E-state index contributed by atoms with van der Waals surface area (Å²) in [5.41, 5.74) is -2.89. The molecule has 0 amide bonds. The molecule has 1 unspecified atom stereocenters. The van der Waals surface area contributed by atoms with Gasteiger partial charge in [0.1, 0.15) is 29.4 Å². The average Bonchev–Trinajstić information content (AvgIpc) is 3.10. The summed E-state index contributed by atoms with van der Waals surface area (Å²) in [4.78, 5) is 38.7. The summed E-state index contributed by atoms with van der Waals surface area (Å²) in [6.07, 6.45) is -3.22. The van der Waals surface area contributed by atoms with Crippen LogP contribution in [-0.2, 0) is 23.4 Å². The summed E-state index contributed by atoms with van der Waals surface area (Å²) in [6, 6.07) is 8.95. The first-order valence-corrected chi connectivity index (χ1v) is 13.4. The summed E-state index contributed by atoms with van der Waals surface area (Å²) in [5.74, 6) is -0.516. The number of hydrogen-bond acceptors (Lipinski definition) is 10. The molecule has 0 bridgehead atoms. The van der Waals surface area contributed by atoms with E-state index in [0.717, 1.165) is 4.57 Å². The van der Waals surface area contributed by atoms with Crippen LogP contribution in [0, 0.1) is 23.7 Å². The molecule has 2 heterocycles. The zero-order valence-corrected chi connectivity index (χ0v) is 22.5. The maximum absolute atomic E-state index is 13.7. The minimum atomic E-state index is -4.28. The van der Waals surface area contributed by atoms with E-state index in [1.54, 1.807) is 32.0 Å². The fraction of sp³-hybridized carbons (Fsp3) is 0.500. The number of rotatable bonds is 10. The van der Waals surface area contributed by atoms with Crippen molar-refractivity contribution in [3.05, 3.63) is 62.9 Å². The molecule has 13 nitrogen and oxygen atoms in total. The molecule has 206 valence electrons. The highest BCUT2D eigenvalue weighted by molar-refractivity contribution is 7.52. The molecule has 0 radical (unpaired) electrons. The van der Waals surface area contributed by atoms with Crippen LogP contribution in [0.4, 0.5) is 0 Å². The Balaban J connectivity index is 1.86. The number of esters is 1. The van der Waals surface area contributed by atoms with E-state index in [-0.39, 0.29) is 11.3 Å². The molecule has 2 aromatic rings. The topological polar surface area (TPSA) is 182 Å². The minimum absolute atomic E-state index is 0.177. The number of nitrogens with one attached hydrogen (secondary N) is 2. The molecule has 1 fully saturated rings. The lowest BCUT2D eigenvalue weighted by atomic mass is 9.84. The van der Waals surface area contributed by atoms with Gasteiger partial charge in [0.2, 0.25) is 0 Å². The first-order chi connectivity index (χ1) is 17.8. The predicted octanol–water partition coefficient (Wildman–Crippen LogP) is 1.77. The predicted molar refractivity (Wildman–Crippen MR) is 134 cm³/mol. The number of benzene rings is 1. The molecule has 6 atom stereocenters. The van der Waals surface area contributed by atoms with Crippen LogP contribution in [0.25, 0.3) is 0 Å². The molecule has 3 N–H and O–H groups in total. The van der Waals surface area contributed by atoms with Gasteiger partial charge in [-0.2, -0.15) is 10.3 Å². The third kappa shape index (κ3) is 6.40. The van der Waals surface area contributed by atoms with E-state index in [0.29, 0.717) is 0 Å². The fourth-order valence-corrected chi connectivity index (χ4v) is 5.29. The largest absolute Gasteiger partial charge is 0.462 e. The van der Waals surface area contributed by atoms with Gasteiger partial charge in [0.05, 0.1) is 18.8 Å². The normalized spacial score (nSPS) is 25.4. The number of aliphatic hydroxyl groups excluding tert-OH is 1. The number of nitrogens with zero attached hydrogens (tertiary/aromatic N) is 2. The van der Waals surface area contributed by atoms with Gasteiger partial charge in [0, 0.05) is 11.8 Å². The number of ether oxygens (including phenoxy) is 2. The first-order valence-electron chi connectivity index (χ1n) is 11.8. The van der Waals surface area contributed by atoms with Crippen LogP contribution >= 0.6 is 7.75 Å². The third-order valence-electron chi connectivity index (χ3n) is 5.86. The van der Waals surface area contributed by atoms with Gasteiger partial charge in [-0.1, -0.05) is 18.2 Å². The van der Waals surface area contributed by atoms with Gasteiger partial charge < -0.3 is 19.1 Å². The lowest BCUT2D eigenvalue weighted by Gasteiger charge is -2.26. The Kier molecular flexibility index (Phi) is 8.97. The Hall–Kier alpha value is -3.27. The molecule has 38 heavy (non-hydrogen) atoms. The van der Waals surface area contributed by atoms with Crippen molar-refractivity contribution in [3.63, 3.8) is 0 Å². The number of aliphatic hydroxyl groups is 1. The lowest BCUT2D eigenvalue weighted by molar-refractivity contribution is -0.149. The van der Waals surface area contributed by atoms with E-state index in [4.69, 9.17) is 18.5 Å². The SMILES string of the molecule is Cc1cn([C@@H]2O[C@H](COP(=O)(N[C@H](C)C(=O)OC(C)C)Oc3ccccc3)[C@@H](O)[C@@]2(C)C#N)c(=O)[nH]c1=O. The summed E-state index contributed by atoms with van der Waals surface area (Å²) in [7, 11) is -4.28. The van der Waals surface area contributed by atoms with E-state index >= 15 is 0 Å². The molecule has 3 rings (SSSR count). The number of carbonyl (C=O) groups excluding carboxylic acids is 1. The number of H-pyrrole nitrogens is 1. The highest BCUT2D eigenvalue weighted by Gasteiger charge is 2.55. The van der Waals surface area contributed by atoms with Crippen molar-refractivity contribution in [1.29, 1.82) is 5.26 Å². The third-order valence-corrected chi connectivity index (χ3v) is 7.50. The minimum Gasteiger partial charge on any atom is -0.462 e. The Morgan fingerprint density at radius 2 is 1.97 bits per heavy atom. The quantitative estimate of drug-likeness (QED) is 0.290. The van der Waals surface area contributed by atoms with Crippen LogP contribution in [0.3, 0.4) is 0 Å². The van der Waals surface area contributed by atoms with Crippen molar-refractivity contribution < 1.29 is 33.0 Å². The second kappa shape index (κ2) is 11.6. The average molecular weight is 551 g/mol. The van der Waals surface area contributed by atoms with Crippen molar-refractivity contribution in [2.24, 2.45) is 5.41 Å². The molecule has 0 saturated carbocycles. The van der Waals surface area contributed by atoms with Crippen molar-refractivity contribution in [1.82, 2.24) is 14.6 Å². The first kappa shape index (κ1) is 29.3. The number of para-hydroxylation sites is 1. The van der Waals surface area contributed by atoms with Crippen LogP contribution in [0.15, 0.2) is 46.1 Å². The lowest BCUT2D eigenvalue weighted by Crippen LogP contribution is -2.41. The van der Waals surface area contributed by atoms with Crippen molar-refractivity contribution in [2.45, 2.75) is 65.2 Å². The summed E-state index contributed by atoms with van der Waals surface area (Å²) < 4.78 is 36.9. The molecular formula is C24H31N4O9P. The summed E-state index contributed by atoms with van der Waals surface area (Å²) in [5, 5.41) is 23.4. The van der Waals surface area contributed by atoms with Gasteiger partial charge in [-0.3, -0.25) is 23.7 Å². The molecule has 14 heteroatoms. The van der Waals surface area contributed by atoms with E-state index in [2.05, 4.69) is 10.1 Å². The molecule has 1 aromatic carbocycles. The number of aromatic nitrogens is 2. The zero-order chi connectivity index (χ0) is 28.3. The van der Waals surface area contributed by atoms with E-state index < -0.39 is 67.6 Å². The highest BCUT2D eigenvalue weighted by atomic mass is 31.2. The standard InChI is InChI=1S/C24H31N4O9P/c1-14(2)35-21(31)16(4)27-38(33,37-17-9-7-6-8-10-17)34-12-18-19(29)24(5,13-25)22(36-18)28-11-15(3)20(30)26-23(28)32/h6-11,14,16,18-19,22,29H,12H2,1-5H3,(H,27,33)(H,26,30,32)/t16-,18-,19-,22-,24-,38?/m1/s1. The van der Waals surface area contributed by atoms with E-state index in [1.165, 1.54) is 39.1 Å². The maximum atomic E-state index is 13.7. The van der Waals surface area contributed by atoms with Gasteiger partial charge in [-0.15, -0.1) is 0 Å². The van der Waals surface area contributed by atoms with Gasteiger partial charge in [0.15, 0.2) is 6.23 Å². The van der Waals surface area contributed by atoms with Crippen LogP contribution in [0.1, 0.15) is 39.5 Å². The smallest absolute Gasteiger partial charge is 0.459 e. The van der Waals surface area contributed by atoms with Crippen molar-refractivity contribution in [3.8, 4) is 11.8 Å². The zero-order valence-electron chi connectivity index (χ0n) is 21.6. The monoisotopic (exact) mass is 550 g/mol. The Morgan fingerprint density at radius 3 is 2.58 bits per heavy atom. The van der Waals surface area contributed by atoms with Gasteiger partial charge in [0.25, 0.3) is 5.56 Å². The fourth-order valence-electron chi connectivity index (χ4n) is 3.79. The number of carbonyl (C=O) groups is 1. The molecular weight excluding hydrogens is 519 g/mol. The highest BCUT2D eigenvalue weighted by Crippen LogP contribution is 2.48. The van der Waals surface area contributed by atoms with Crippen LogP contribution in [0.5, 0.6) is 5.75 Å². The van der Waals surface area contributed by atoms with Gasteiger partial charge >= 0.3 is 19.4 Å². The summed E-state index contributed by atoms with van der Waals surface area (Å²) >= 11 is 0. The Morgan fingerprint density at radius 1 is 1.32 bits per heavy atom. The van der Waals surface area contributed by atoms with Gasteiger partial charge in [-0.05, 0) is 46.8 Å². The number of aromatic amines is 1. The number of nitriles is 1. The molecule has 0 aliphatic carbocycles. The van der Waals surface area contributed by atoms with Crippen LogP contribution in [0.2, 0.25) is 0 Å².